The van der Waals surface area contributed by atoms with Crippen molar-refractivity contribution in [3.63, 3.8) is 0 Å². The van der Waals surface area contributed by atoms with Gasteiger partial charge in [-0.1, -0.05) is 5.16 Å². The van der Waals surface area contributed by atoms with Gasteiger partial charge >= 0.3 is 0 Å². The van der Waals surface area contributed by atoms with Crippen LogP contribution in [-0.2, 0) is 6.54 Å². The number of nitrogens with zero attached hydrogens (tertiary/aromatic N) is 4. The fraction of sp³-hybridized carbons (Fsp3) is 0.333. The van der Waals surface area contributed by atoms with Crippen molar-refractivity contribution in [2.24, 2.45) is 0 Å². The molecule has 0 aliphatic rings. The number of hydrogen-bond acceptors (Lipinski definition) is 6. The Balaban J connectivity index is 1.99. The molecule has 0 saturated heterocycles. The molecule has 0 spiro atoms. The lowest BCUT2D eigenvalue weighted by molar-refractivity contribution is 0.0940. The molecule has 100 valence electrons. The van der Waals surface area contributed by atoms with E-state index in [1.54, 1.807) is 25.3 Å². The van der Waals surface area contributed by atoms with Gasteiger partial charge in [0.2, 0.25) is 0 Å². The van der Waals surface area contributed by atoms with Crippen LogP contribution in [0, 0.1) is 6.92 Å². The number of carbonyl (C=O) groups is 1. The van der Waals surface area contributed by atoms with Gasteiger partial charge in [-0.25, -0.2) is 9.97 Å². The second kappa shape index (κ2) is 5.47. The van der Waals surface area contributed by atoms with E-state index in [4.69, 9.17) is 4.52 Å². The highest BCUT2D eigenvalue weighted by Gasteiger charge is 2.11. The van der Waals surface area contributed by atoms with Crippen LogP contribution in [0.4, 0.5) is 5.82 Å². The second-order valence-electron chi connectivity index (χ2n) is 4.23. The maximum atomic E-state index is 11.8. The molecule has 0 unspecified atom stereocenters. The Hall–Kier alpha value is -2.44. The summed E-state index contributed by atoms with van der Waals surface area (Å²) in [5.41, 5.74) is 0.251. The van der Waals surface area contributed by atoms with Crippen molar-refractivity contribution in [2.75, 3.05) is 19.0 Å². The number of rotatable bonds is 4. The summed E-state index contributed by atoms with van der Waals surface area (Å²) in [7, 11) is 3.78. The third-order valence-corrected chi connectivity index (χ3v) is 2.42. The van der Waals surface area contributed by atoms with Crippen LogP contribution in [0.15, 0.2) is 22.9 Å². The van der Waals surface area contributed by atoms with E-state index < -0.39 is 0 Å². The summed E-state index contributed by atoms with van der Waals surface area (Å²) >= 11 is 0. The van der Waals surface area contributed by atoms with E-state index in [9.17, 15) is 4.79 Å². The zero-order chi connectivity index (χ0) is 13.8. The number of carbonyl (C=O) groups excluding carboxylic acids is 1. The van der Waals surface area contributed by atoms with Crippen molar-refractivity contribution in [3.05, 3.63) is 35.6 Å². The van der Waals surface area contributed by atoms with E-state index >= 15 is 0 Å². The summed E-state index contributed by atoms with van der Waals surface area (Å²) in [6.07, 6.45) is 1.66. The highest BCUT2D eigenvalue weighted by molar-refractivity contribution is 5.92. The molecule has 2 aromatic rings. The smallest absolute Gasteiger partial charge is 0.273 e. The predicted molar refractivity (Wildman–Crippen MR) is 68.8 cm³/mol. The molecule has 0 aliphatic heterocycles. The standard InChI is InChI=1S/C12H15N5O2/c1-8-6-9(16-19-8)12(18)14-7-10-13-5-4-11(15-10)17(2)3/h4-6H,7H2,1-3H3,(H,14,18). The SMILES string of the molecule is Cc1cc(C(=O)NCc2nccc(N(C)C)n2)no1. The molecule has 1 N–H and O–H groups in total. The highest BCUT2D eigenvalue weighted by Crippen LogP contribution is 2.05. The molecule has 2 heterocycles. The lowest BCUT2D eigenvalue weighted by Crippen LogP contribution is -2.24. The lowest BCUT2D eigenvalue weighted by atomic mass is 10.3. The van der Waals surface area contributed by atoms with E-state index in [-0.39, 0.29) is 18.1 Å². The highest BCUT2D eigenvalue weighted by atomic mass is 16.5. The molecule has 0 aromatic carbocycles. The molecule has 1 amide bonds. The summed E-state index contributed by atoms with van der Waals surface area (Å²) < 4.78 is 4.84. The summed E-state index contributed by atoms with van der Waals surface area (Å²) in [5, 5.41) is 6.33. The van der Waals surface area contributed by atoms with Crippen LogP contribution in [0.25, 0.3) is 0 Å². The van der Waals surface area contributed by atoms with Crippen LogP contribution < -0.4 is 10.2 Å². The Bertz CT molecular complexity index is 579. The van der Waals surface area contributed by atoms with Crippen molar-refractivity contribution in [1.82, 2.24) is 20.4 Å². The maximum Gasteiger partial charge on any atom is 0.273 e. The van der Waals surface area contributed by atoms with E-state index in [1.165, 1.54) is 0 Å². The average molecular weight is 261 g/mol. The van der Waals surface area contributed by atoms with Crippen LogP contribution in [0.2, 0.25) is 0 Å². The first-order chi connectivity index (χ1) is 9.06. The van der Waals surface area contributed by atoms with Gasteiger partial charge in [-0.15, -0.1) is 0 Å². The van der Waals surface area contributed by atoms with Crippen LogP contribution in [0.5, 0.6) is 0 Å². The molecule has 0 atom stereocenters. The lowest BCUT2D eigenvalue weighted by Gasteiger charge is -2.11. The van der Waals surface area contributed by atoms with Gasteiger partial charge in [-0.2, -0.15) is 0 Å². The minimum Gasteiger partial charge on any atom is -0.363 e. The number of aromatic nitrogens is 3. The quantitative estimate of drug-likeness (QED) is 0.875. The third-order valence-electron chi connectivity index (χ3n) is 2.42. The molecule has 0 saturated carbocycles. The van der Waals surface area contributed by atoms with Crippen molar-refractivity contribution in [1.29, 1.82) is 0 Å². The summed E-state index contributed by atoms with van der Waals surface area (Å²) in [6, 6.07) is 3.37. The van der Waals surface area contributed by atoms with Gasteiger partial charge in [0.05, 0.1) is 6.54 Å². The van der Waals surface area contributed by atoms with E-state index in [0.717, 1.165) is 5.82 Å². The van der Waals surface area contributed by atoms with Gasteiger partial charge in [0, 0.05) is 26.4 Å². The van der Waals surface area contributed by atoms with Gasteiger partial charge in [0.1, 0.15) is 17.4 Å². The van der Waals surface area contributed by atoms with Gasteiger partial charge in [0.15, 0.2) is 5.69 Å². The van der Waals surface area contributed by atoms with Crippen molar-refractivity contribution in [3.8, 4) is 0 Å². The maximum absolute atomic E-state index is 11.8. The molecule has 19 heavy (non-hydrogen) atoms. The first-order valence-electron chi connectivity index (χ1n) is 5.77. The van der Waals surface area contributed by atoms with E-state index in [2.05, 4.69) is 20.4 Å². The number of hydrogen-bond donors (Lipinski definition) is 1. The number of aryl methyl sites for hydroxylation is 1. The molecule has 0 fully saturated rings. The Morgan fingerprint density at radius 1 is 1.47 bits per heavy atom. The monoisotopic (exact) mass is 261 g/mol. The van der Waals surface area contributed by atoms with E-state index in [1.807, 2.05) is 19.0 Å². The van der Waals surface area contributed by atoms with Crippen molar-refractivity contribution >= 4 is 11.7 Å². The van der Waals surface area contributed by atoms with Gasteiger partial charge in [0.25, 0.3) is 5.91 Å². The minimum atomic E-state index is -0.310. The predicted octanol–water partition coefficient (Wildman–Crippen LogP) is 0.769. The van der Waals surface area contributed by atoms with Crippen molar-refractivity contribution in [2.45, 2.75) is 13.5 Å². The average Bonchev–Trinajstić information content (AvgIpc) is 2.83. The summed E-state index contributed by atoms with van der Waals surface area (Å²) in [6.45, 7) is 1.97. The largest absolute Gasteiger partial charge is 0.363 e. The fourth-order valence-corrected chi connectivity index (χ4v) is 1.45. The number of nitrogens with one attached hydrogen (secondary N) is 1. The molecule has 0 bridgehead atoms. The molecule has 0 radical (unpaired) electrons. The van der Waals surface area contributed by atoms with Gasteiger partial charge < -0.3 is 14.7 Å². The normalized spacial score (nSPS) is 10.3. The van der Waals surface area contributed by atoms with Crippen LogP contribution in [-0.4, -0.2) is 35.1 Å². The summed E-state index contributed by atoms with van der Waals surface area (Å²) in [5.74, 6) is 1.61. The van der Waals surface area contributed by atoms with Gasteiger partial charge in [-0.3, -0.25) is 4.79 Å². The Morgan fingerprint density at radius 2 is 2.26 bits per heavy atom. The van der Waals surface area contributed by atoms with E-state index in [0.29, 0.717) is 11.6 Å². The van der Waals surface area contributed by atoms with Crippen LogP contribution in [0.1, 0.15) is 22.1 Å². The molecule has 2 aromatic heterocycles. The summed E-state index contributed by atoms with van der Waals surface area (Å²) in [4.78, 5) is 22.0. The number of anilines is 1. The first-order valence-corrected chi connectivity index (χ1v) is 5.77. The fourth-order valence-electron chi connectivity index (χ4n) is 1.45. The first kappa shape index (κ1) is 13.0. The van der Waals surface area contributed by atoms with Crippen LogP contribution in [0.3, 0.4) is 0 Å². The topological polar surface area (TPSA) is 84.2 Å². The van der Waals surface area contributed by atoms with Crippen LogP contribution >= 0.6 is 0 Å². The molecule has 0 aliphatic carbocycles. The molecule has 2 rings (SSSR count). The zero-order valence-corrected chi connectivity index (χ0v) is 11.0. The Labute approximate surface area is 110 Å². The Kier molecular flexibility index (Phi) is 3.74. The molecule has 7 nitrogen and oxygen atoms in total. The molecular formula is C12H15N5O2. The second-order valence-corrected chi connectivity index (χ2v) is 4.23. The van der Waals surface area contributed by atoms with Crippen molar-refractivity contribution < 1.29 is 9.32 Å². The Morgan fingerprint density at radius 3 is 2.89 bits per heavy atom. The van der Waals surface area contributed by atoms with Gasteiger partial charge in [-0.05, 0) is 13.0 Å². The minimum absolute atomic E-state index is 0.242. The zero-order valence-electron chi connectivity index (χ0n) is 11.0. The number of amides is 1. The molecular weight excluding hydrogens is 246 g/mol. The third kappa shape index (κ3) is 3.27. The molecule has 7 heteroatoms.